The molecule has 0 aromatic carbocycles. The Balaban J connectivity index is 1.59. The molecule has 5 aliphatic rings. The molecule has 1 atom stereocenters. The van der Waals surface area contributed by atoms with E-state index in [2.05, 4.69) is 16.3 Å². The summed E-state index contributed by atoms with van der Waals surface area (Å²) in [4.78, 5) is 2.52. The number of hydrogen-bond donors (Lipinski definition) is 1. The Morgan fingerprint density at radius 1 is 1.00 bits per heavy atom. The van der Waals surface area contributed by atoms with Gasteiger partial charge in [-0.3, -0.25) is 4.90 Å². The fraction of sp³-hybridized carbons (Fsp3) is 0.941. The highest BCUT2D eigenvalue weighted by Crippen LogP contribution is 2.61. The Hall–Kier alpha value is -0.590. The summed E-state index contributed by atoms with van der Waals surface area (Å²) in [6.45, 7) is 4.37. The predicted molar refractivity (Wildman–Crippen MR) is 79.1 cm³/mol. The van der Waals surface area contributed by atoms with E-state index in [-0.39, 0.29) is 6.04 Å². The average molecular weight is 273 g/mol. The fourth-order valence-electron chi connectivity index (χ4n) is 6.24. The largest absolute Gasteiger partial charge is 0.315 e. The van der Waals surface area contributed by atoms with Gasteiger partial charge in [-0.1, -0.05) is 0 Å². The van der Waals surface area contributed by atoms with Crippen molar-refractivity contribution in [1.29, 1.82) is 5.26 Å². The minimum absolute atomic E-state index is 0.191. The number of nitriles is 1. The van der Waals surface area contributed by atoms with Gasteiger partial charge in [-0.15, -0.1) is 0 Å². The topological polar surface area (TPSA) is 39.1 Å². The Morgan fingerprint density at radius 2 is 1.65 bits per heavy atom. The maximum absolute atomic E-state index is 9.92. The monoisotopic (exact) mass is 273 g/mol. The van der Waals surface area contributed by atoms with Crippen LogP contribution in [0, 0.1) is 34.5 Å². The van der Waals surface area contributed by atoms with E-state index in [1.54, 1.807) is 0 Å². The van der Waals surface area contributed by atoms with Gasteiger partial charge in [0.25, 0.3) is 0 Å². The minimum atomic E-state index is 0.191. The Kier molecular flexibility index (Phi) is 3.27. The molecule has 0 radical (unpaired) electrons. The third-order valence-corrected chi connectivity index (χ3v) is 6.53. The van der Waals surface area contributed by atoms with Crippen LogP contribution < -0.4 is 5.32 Å². The van der Waals surface area contributed by atoms with Gasteiger partial charge in [0.2, 0.25) is 0 Å². The lowest BCUT2D eigenvalue weighted by Gasteiger charge is -2.59. The first-order valence-electron chi connectivity index (χ1n) is 8.63. The molecule has 1 unspecified atom stereocenters. The number of nitrogens with zero attached hydrogens (tertiary/aromatic N) is 2. The van der Waals surface area contributed by atoms with Crippen molar-refractivity contribution in [2.24, 2.45) is 23.2 Å². The van der Waals surface area contributed by atoms with E-state index in [1.165, 1.54) is 44.9 Å². The van der Waals surface area contributed by atoms with E-state index >= 15 is 0 Å². The van der Waals surface area contributed by atoms with Crippen LogP contribution in [0.1, 0.15) is 44.9 Å². The van der Waals surface area contributed by atoms with Crippen molar-refractivity contribution < 1.29 is 0 Å². The normalized spacial score (nSPS) is 45.9. The molecule has 4 bridgehead atoms. The van der Waals surface area contributed by atoms with Gasteiger partial charge >= 0.3 is 0 Å². The third kappa shape index (κ3) is 2.09. The van der Waals surface area contributed by atoms with E-state index in [0.29, 0.717) is 5.41 Å². The molecule has 3 heteroatoms. The van der Waals surface area contributed by atoms with Crippen molar-refractivity contribution >= 4 is 0 Å². The molecule has 1 saturated heterocycles. The van der Waals surface area contributed by atoms with Crippen molar-refractivity contribution in [2.45, 2.75) is 51.0 Å². The Morgan fingerprint density at radius 3 is 2.25 bits per heavy atom. The molecule has 5 fully saturated rings. The van der Waals surface area contributed by atoms with Crippen LogP contribution in [0.25, 0.3) is 0 Å². The minimum Gasteiger partial charge on any atom is -0.315 e. The first-order valence-corrected chi connectivity index (χ1v) is 8.63. The maximum atomic E-state index is 9.92. The van der Waals surface area contributed by atoms with Gasteiger partial charge in [0.05, 0.1) is 6.07 Å². The quantitative estimate of drug-likeness (QED) is 0.839. The van der Waals surface area contributed by atoms with E-state index < -0.39 is 0 Å². The summed E-state index contributed by atoms with van der Waals surface area (Å²) in [6, 6.07) is 2.95. The molecule has 0 aromatic heterocycles. The highest BCUT2D eigenvalue weighted by Gasteiger charge is 2.55. The van der Waals surface area contributed by atoms with Crippen molar-refractivity contribution in [3.8, 4) is 6.07 Å². The third-order valence-electron chi connectivity index (χ3n) is 6.53. The lowest BCUT2D eigenvalue weighted by atomic mass is 9.47. The molecule has 110 valence electrons. The maximum Gasteiger partial charge on any atom is 0.103 e. The molecule has 3 nitrogen and oxygen atoms in total. The van der Waals surface area contributed by atoms with Crippen LogP contribution in [0.4, 0.5) is 0 Å². The van der Waals surface area contributed by atoms with E-state index in [9.17, 15) is 5.26 Å². The second kappa shape index (κ2) is 5.00. The highest BCUT2D eigenvalue weighted by molar-refractivity contribution is 5.13. The van der Waals surface area contributed by atoms with Crippen LogP contribution in [-0.4, -0.2) is 37.1 Å². The van der Waals surface area contributed by atoms with Crippen LogP contribution in [0.2, 0.25) is 0 Å². The molecule has 0 aromatic rings. The van der Waals surface area contributed by atoms with Gasteiger partial charge < -0.3 is 5.32 Å². The smallest absolute Gasteiger partial charge is 0.103 e. The molecule has 20 heavy (non-hydrogen) atoms. The van der Waals surface area contributed by atoms with Crippen LogP contribution in [0.3, 0.4) is 0 Å². The Labute approximate surface area is 122 Å². The standard InChI is InChI=1S/C17H27N3/c18-12-16(20-4-1-2-19-3-5-20)17-9-13-6-14(10-17)8-15(7-13)11-17/h13-16,19H,1-11H2. The lowest BCUT2D eigenvalue weighted by Crippen LogP contribution is -2.57. The van der Waals surface area contributed by atoms with Crippen LogP contribution >= 0.6 is 0 Å². The highest BCUT2D eigenvalue weighted by atomic mass is 15.2. The molecule has 5 rings (SSSR count). The van der Waals surface area contributed by atoms with Gasteiger partial charge in [-0.2, -0.15) is 5.26 Å². The van der Waals surface area contributed by atoms with Crippen LogP contribution in [-0.2, 0) is 0 Å². The van der Waals surface area contributed by atoms with Gasteiger partial charge in [0.1, 0.15) is 6.04 Å². The summed E-state index contributed by atoms with van der Waals surface area (Å²) in [7, 11) is 0. The van der Waals surface area contributed by atoms with Crippen molar-refractivity contribution in [1.82, 2.24) is 10.2 Å². The molecule has 1 heterocycles. The van der Waals surface area contributed by atoms with Gasteiger partial charge in [0, 0.05) is 25.0 Å². The lowest BCUT2D eigenvalue weighted by molar-refractivity contribution is -0.0862. The van der Waals surface area contributed by atoms with Crippen molar-refractivity contribution in [3.05, 3.63) is 0 Å². The van der Waals surface area contributed by atoms with Gasteiger partial charge in [0.15, 0.2) is 0 Å². The summed E-state index contributed by atoms with van der Waals surface area (Å²) in [5, 5.41) is 13.4. The average Bonchev–Trinajstić information content (AvgIpc) is 2.66. The number of hydrogen-bond acceptors (Lipinski definition) is 3. The molecule has 1 N–H and O–H groups in total. The van der Waals surface area contributed by atoms with E-state index in [4.69, 9.17) is 0 Å². The van der Waals surface area contributed by atoms with Gasteiger partial charge in [-0.05, 0) is 69.2 Å². The molecular formula is C17H27N3. The molecule has 0 amide bonds. The fourth-order valence-corrected chi connectivity index (χ4v) is 6.24. The van der Waals surface area contributed by atoms with Crippen molar-refractivity contribution in [3.63, 3.8) is 0 Å². The van der Waals surface area contributed by atoms with E-state index in [0.717, 1.165) is 43.9 Å². The zero-order valence-electron chi connectivity index (χ0n) is 12.5. The number of rotatable bonds is 2. The SMILES string of the molecule is N#CC(N1CCCNCC1)C12CC3CC(CC(C3)C1)C2. The molecule has 1 aliphatic heterocycles. The summed E-state index contributed by atoms with van der Waals surface area (Å²) >= 11 is 0. The zero-order chi connectivity index (χ0) is 13.6. The molecule has 0 spiro atoms. The summed E-state index contributed by atoms with van der Waals surface area (Å²) in [6.07, 6.45) is 9.66. The Bertz CT molecular complexity index is 368. The first-order chi connectivity index (χ1) is 9.79. The zero-order valence-corrected chi connectivity index (χ0v) is 12.5. The molecule has 4 aliphatic carbocycles. The molecule has 4 saturated carbocycles. The van der Waals surface area contributed by atoms with Gasteiger partial charge in [-0.25, -0.2) is 0 Å². The molecular weight excluding hydrogens is 246 g/mol. The second-order valence-electron chi connectivity index (χ2n) is 7.95. The summed E-state index contributed by atoms with van der Waals surface area (Å²) in [5.74, 6) is 2.84. The second-order valence-corrected chi connectivity index (χ2v) is 7.95. The first kappa shape index (κ1) is 13.1. The number of nitrogens with one attached hydrogen (secondary N) is 1. The van der Waals surface area contributed by atoms with Crippen LogP contribution in [0.5, 0.6) is 0 Å². The predicted octanol–water partition coefficient (Wildman–Crippen LogP) is 2.39. The van der Waals surface area contributed by atoms with Crippen molar-refractivity contribution in [2.75, 3.05) is 26.2 Å². The van der Waals surface area contributed by atoms with E-state index in [1.807, 2.05) is 0 Å². The summed E-state index contributed by atoms with van der Waals surface area (Å²) < 4.78 is 0. The van der Waals surface area contributed by atoms with Crippen LogP contribution in [0.15, 0.2) is 0 Å². The summed E-state index contributed by atoms with van der Waals surface area (Å²) in [5.41, 5.74) is 0.355.